The molecule has 0 fully saturated rings. The van der Waals surface area contributed by atoms with Gasteiger partial charge in [0.25, 0.3) is 5.91 Å². The molecule has 0 radical (unpaired) electrons. The molecule has 27 heavy (non-hydrogen) atoms. The van der Waals surface area contributed by atoms with Gasteiger partial charge < -0.3 is 4.90 Å². The lowest BCUT2D eigenvalue weighted by Crippen LogP contribution is -2.29. The number of amides is 1. The Morgan fingerprint density at radius 3 is 2.67 bits per heavy atom. The Morgan fingerprint density at radius 1 is 1.15 bits per heavy atom. The van der Waals surface area contributed by atoms with E-state index in [9.17, 15) is 18.0 Å². The molecule has 0 spiro atoms. The molecule has 2 aromatic carbocycles. The van der Waals surface area contributed by atoms with E-state index in [4.69, 9.17) is 11.6 Å². The zero-order valence-corrected chi connectivity index (χ0v) is 15.0. The molecule has 0 saturated heterocycles. The van der Waals surface area contributed by atoms with Crippen LogP contribution in [0.15, 0.2) is 30.3 Å². The first-order valence-corrected chi connectivity index (χ1v) is 8.43. The number of carbonyl (C=O) groups excluding carboxylic acids is 1. The first-order chi connectivity index (χ1) is 12.9. The van der Waals surface area contributed by atoms with E-state index in [1.54, 1.807) is 6.92 Å². The van der Waals surface area contributed by atoms with Crippen LogP contribution in [0.3, 0.4) is 0 Å². The Bertz CT molecular complexity index is 1040. The number of hydrogen-bond acceptors (Lipinski definition) is 1. The number of hydrogen-bond donors (Lipinski definition) is 0. The number of benzene rings is 2. The Balaban J connectivity index is 2.05. The molecule has 0 N–H and O–H groups in total. The van der Waals surface area contributed by atoms with E-state index in [0.717, 1.165) is 24.3 Å². The average molecular weight is 388 g/mol. The van der Waals surface area contributed by atoms with Gasteiger partial charge in [-0.05, 0) is 49.1 Å². The smallest absolute Gasteiger partial charge is 0.255 e. The molecule has 1 amide bonds. The van der Waals surface area contributed by atoms with Gasteiger partial charge in [-0.15, -0.1) is 0 Å². The minimum atomic E-state index is -0.898. The van der Waals surface area contributed by atoms with Gasteiger partial charge in [0.15, 0.2) is 0 Å². The lowest BCUT2D eigenvalue weighted by atomic mass is 10.0. The first kappa shape index (κ1) is 18.9. The predicted octanol–water partition coefficient (Wildman–Crippen LogP) is 4.87. The molecular formula is C21H13ClF3NO. The largest absolute Gasteiger partial charge is 0.326 e. The number of halogens is 4. The van der Waals surface area contributed by atoms with E-state index in [1.807, 2.05) is 0 Å². The summed E-state index contributed by atoms with van der Waals surface area (Å²) in [4.78, 5) is 14.1. The first-order valence-electron chi connectivity index (χ1n) is 8.05. The second-order valence-corrected chi connectivity index (χ2v) is 6.35. The SMILES string of the molecule is CC#CC#CCC(c1cc(F)ccc1F)N1Cc2c(F)cc(Cl)cc2C1=O. The molecule has 1 aliphatic rings. The molecule has 3 rings (SSSR count). The lowest BCUT2D eigenvalue weighted by Gasteiger charge is -2.27. The molecule has 1 heterocycles. The van der Waals surface area contributed by atoms with Crippen LogP contribution >= 0.6 is 11.6 Å². The summed E-state index contributed by atoms with van der Waals surface area (Å²) in [7, 11) is 0. The minimum absolute atomic E-state index is 0.0180. The Hall–Kier alpha value is -2.89. The summed E-state index contributed by atoms with van der Waals surface area (Å²) in [5.41, 5.74) is 0.261. The molecule has 0 aromatic heterocycles. The topological polar surface area (TPSA) is 20.3 Å². The summed E-state index contributed by atoms with van der Waals surface area (Å²) >= 11 is 5.84. The molecule has 1 atom stereocenters. The van der Waals surface area contributed by atoms with Crippen LogP contribution in [0.1, 0.15) is 40.9 Å². The third-order valence-corrected chi connectivity index (χ3v) is 4.46. The predicted molar refractivity (Wildman–Crippen MR) is 96.2 cm³/mol. The normalized spacial score (nSPS) is 13.4. The van der Waals surface area contributed by atoms with Crippen molar-refractivity contribution in [1.29, 1.82) is 0 Å². The summed E-state index contributed by atoms with van der Waals surface area (Å²) in [6, 6.07) is 4.59. The molecule has 6 heteroatoms. The molecule has 2 aromatic rings. The van der Waals surface area contributed by atoms with Crippen molar-refractivity contribution in [2.75, 3.05) is 0 Å². The van der Waals surface area contributed by atoms with Crippen molar-refractivity contribution in [3.05, 3.63) is 69.5 Å². The van der Waals surface area contributed by atoms with Gasteiger partial charge in [0.1, 0.15) is 17.5 Å². The Kier molecular flexibility index (Phi) is 5.44. The van der Waals surface area contributed by atoms with E-state index >= 15 is 0 Å². The molecule has 0 bridgehead atoms. The second kappa shape index (κ2) is 7.78. The van der Waals surface area contributed by atoms with Gasteiger partial charge in [-0.25, -0.2) is 13.2 Å². The van der Waals surface area contributed by atoms with Crippen molar-refractivity contribution in [1.82, 2.24) is 4.90 Å². The Morgan fingerprint density at radius 2 is 1.93 bits per heavy atom. The van der Waals surface area contributed by atoms with Crippen LogP contribution in [-0.2, 0) is 6.54 Å². The highest BCUT2D eigenvalue weighted by atomic mass is 35.5. The number of fused-ring (bicyclic) bond motifs is 1. The standard InChI is InChI=1S/C21H13ClF3NO/c1-2-3-4-5-6-20(16-11-14(23)7-8-18(16)24)26-12-17-15(21(26)27)9-13(22)10-19(17)25/h7-11,20H,6,12H2,1H3. The fraction of sp³-hybridized carbons (Fsp3) is 0.190. The molecule has 0 saturated carbocycles. The van der Waals surface area contributed by atoms with E-state index in [-0.39, 0.29) is 34.7 Å². The van der Waals surface area contributed by atoms with Crippen LogP contribution in [-0.4, -0.2) is 10.8 Å². The second-order valence-electron chi connectivity index (χ2n) is 5.91. The van der Waals surface area contributed by atoms with E-state index < -0.39 is 29.4 Å². The maximum absolute atomic E-state index is 14.4. The van der Waals surface area contributed by atoms with Crippen LogP contribution in [0.4, 0.5) is 13.2 Å². The van der Waals surface area contributed by atoms with Gasteiger partial charge in [-0.1, -0.05) is 23.4 Å². The van der Waals surface area contributed by atoms with Crippen molar-refractivity contribution < 1.29 is 18.0 Å². The van der Waals surface area contributed by atoms with Crippen LogP contribution in [0, 0.1) is 41.1 Å². The molecule has 136 valence electrons. The van der Waals surface area contributed by atoms with Crippen LogP contribution in [0.2, 0.25) is 5.02 Å². The molecule has 0 aliphatic carbocycles. The van der Waals surface area contributed by atoms with Crippen LogP contribution in [0.25, 0.3) is 0 Å². The molecule has 2 nitrogen and oxygen atoms in total. The number of carbonyl (C=O) groups is 1. The highest BCUT2D eigenvalue weighted by Crippen LogP contribution is 2.36. The molecule has 1 unspecified atom stereocenters. The summed E-state index contributed by atoms with van der Waals surface area (Å²) in [6.07, 6.45) is 0.0180. The van der Waals surface area contributed by atoms with Gasteiger partial charge in [-0.3, -0.25) is 4.79 Å². The highest BCUT2D eigenvalue weighted by molar-refractivity contribution is 6.31. The molecule has 1 aliphatic heterocycles. The summed E-state index contributed by atoms with van der Waals surface area (Å²) in [5, 5.41) is 0.0907. The van der Waals surface area contributed by atoms with Crippen molar-refractivity contribution in [3.63, 3.8) is 0 Å². The minimum Gasteiger partial charge on any atom is -0.326 e. The summed E-state index contributed by atoms with van der Waals surface area (Å²) in [6.45, 7) is 1.53. The lowest BCUT2D eigenvalue weighted by molar-refractivity contribution is 0.0700. The number of nitrogens with zero attached hydrogens (tertiary/aromatic N) is 1. The fourth-order valence-corrected chi connectivity index (χ4v) is 3.22. The van der Waals surface area contributed by atoms with Crippen molar-refractivity contribution in [3.8, 4) is 23.7 Å². The fourth-order valence-electron chi connectivity index (χ4n) is 3.02. The van der Waals surface area contributed by atoms with Crippen molar-refractivity contribution in [2.24, 2.45) is 0 Å². The Labute approximate surface area is 159 Å². The summed E-state index contributed by atoms with van der Waals surface area (Å²) in [5.74, 6) is 8.06. The third-order valence-electron chi connectivity index (χ3n) is 4.24. The quantitative estimate of drug-likeness (QED) is 0.688. The maximum Gasteiger partial charge on any atom is 0.255 e. The van der Waals surface area contributed by atoms with Gasteiger partial charge in [0.05, 0.1) is 12.6 Å². The zero-order valence-electron chi connectivity index (χ0n) is 14.2. The average Bonchev–Trinajstić information content (AvgIpc) is 2.95. The maximum atomic E-state index is 14.4. The van der Waals surface area contributed by atoms with Gasteiger partial charge in [0.2, 0.25) is 0 Å². The zero-order chi connectivity index (χ0) is 19.6. The van der Waals surface area contributed by atoms with Crippen LogP contribution < -0.4 is 0 Å². The van der Waals surface area contributed by atoms with Gasteiger partial charge in [0, 0.05) is 28.1 Å². The van der Waals surface area contributed by atoms with Crippen LogP contribution in [0.5, 0.6) is 0 Å². The van der Waals surface area contributed by atoms with Crippen molar-refractivity contribution >= 4 is 17.5 Å². The summed E-state index contributed by atoms with van der Waals surface area (Å²) < 4.78 is 42.3. The highest BCUT2D eigenvalue weighted by Gasteiger charge is 2.36. The van der Waals surface area contributed by atoms with E-state index in [2.05, 4.69) is 23.7 Å². The molecular weight excluding hydrogens is 375 g/mol. The van der Waals surface area contributed by atoms with Crippen molar-refractivity contribution in [2.45, 2.75) is 25.9 Å². The van der Waals surface area contributed by atoms with E-state index in [0.29, 0.717) is 0 Å². The number of rotatable bonds is 3. The monoisotopic (exact) mass is 387 g/mol. The van der Waals surface area contributed by atoms with Gasteiger partial charge >= 0.3 is 0 Å². The van der Waals surface area contributed by atoms with Gasteiger partial charge in [-0.2, -0.15) is 0 Å². The third kappa shape index (κ3) is 3.79. The van der Waals surface area contributed by atoms with E-state index in [1.165, 1.54) is 11.0 Å².